The first kappa shape index (κ1) is 22.4. The molecule has 0 atom stereocenters. The Bertz CT molecular complexity index is 1470. The lowest BCUT2D eigenvalue weighted by atomic mass is 10.1. The monoisotopic (exact) mass is 493 g/mol. The van der Waals surface area contributed by atoms with E-state index in [-0.39, 0.29) is 18.1 Å². The Morgan fingerprint density at radius 3 is 2.59 bits per heavy atom. The number of rotatable bonds is 5. The first-order chi connectivity index (χ1) is 16.4. The van der Waals surface area contributed by atoms with Crippen LogP contribution in [0.2, 0.25) is 10.0 Å². The predicted molar refractivity (Wildman–Crippen MR) is 134 cm³/mol. The number of carbonyl (C=O) groups is 1. The Hall–Kier alpha value is -3.41. The quantitative estimate of drug-likeness (QED) is 0.281. The van der Waals surface area contributed by atoms with Crippen LogP contribution in [0.3, 0.4) is 0 Å². The third kappa shape index (κ3) is 3.81. The molecule has 2 heterocycles. The molecule has 0 amide bonds. The van der Waals surface area contributed by atoms with Gasteiger partial charge in [-0.15, -0.1) is 0 Å². The first-order valence-corrected chi connectivity index (χ1v) is 11.4. The zero-order chi connectivity index (χ0) is 24.0. The molecule has 0 fully saturated rings. The summed E-state index contributed by atoms with van der Waals surface area (Å²) in [5.74, 6) is 1.94. The summed E-state index contributed by atoms with van der Waals surface area (Å²) in [6, 6.07) is 14.7. The van der Waals surface area contributed by atoms with E-state index in [2.05, 4.69) is 0 Å². The molecule has 5 rings (SSSR count). The van der Waals surface area contributed by atoms with Crippen LogP contribution in [0.5, 0.6) is 17.2 Å². The van der Waals surface area contributed by atoms with E-state index in [1.165, 1.54) is 0 Å². The molecule has 172 valence electrons. The van der Waals surface area contributed by atoms with Gasteiger partial charge in [0, 0.05) is 50.9 Å². The van der Waals surface area contributed by atoms with Crippen molar-refractivity contribution < 1.29 is 19.0 Å². The zero-order valence-corrected chi connectivity index (χ0v) is 20.3. The molecule has 0 aliphatic carbocycles. The molecule has 0 unspecified atom stereocenters. The minimum Gasteiger partial charge on any atom is -0.497 e. The molecule has 34 heavy (non-hydrogen) atoms. The predicted octanol–water partition coefficient (Wildman–Crippen LogP) is 7.00. The van der Waals surface area contributed by atoms with Crippen molar-refractivity contribution in [1.29, 1.82) is 0 Å². The van der Waals surface area contributed by atoms with Crippen molar-refractivity contribution in [2.75, 3.05) is 7.11 Å². The van der Waals surface area contributed by atoms with E-state index in [1.807, 2.05) is 42.9 Å². The Balaban J connectivity index is 1.46. The Morgan fingerprint density at radius 2 is 1.85 bits per heavy atom. The molecular formula is C27H21Cl2NO4. The molecule has 0 bridgehead atoms. The number of halogens is 2. The van der Waals surface area contributed by atoms with Crippen LogP contribution in [0.25, 0.3) is 17.0 Å². The molecule has 0 spiro atoms. The number of methoxy groups -OCH3 is 1. The third-order valence-electron chi connectivity index (χ3n) is 5.98. The van der Waals surface area contributed by atoms with Gasteiger partial charge in [0.05, 0.1) is 12.7 Å². The number of ketones is 1. The number of nitrogens with zero attached hydrogens (tertiary/aromatic N) is 1. The van der Waals surface area contributed by atoms with Crippen molar-refractivity contribution in [1.82, 2.24) is 4.57 Å². The highest BCUT2D eigenvalue weighted by Crippen LogP contribution is 2.40. The fourth-order valence-corrected chi connectivity index (χ4v) is 4.64. The second-order valence-electron chi connectivity index (χ2n) is 8.07. The van der Waals surface area contributed by atoms with E-state index in [4.69, 9.17) is 37.4 Å². The summed E-state index contributed by atoms with van der Waals surface area (Å²) in [7, 11) is 3.59. The second kappa shape index (κ2) is 8.75. The van der Waals surface area contributed by atoms with Crippen LogP contribution in [0, 0.1) is 6.92 Å². The van der Waals surface area contributed by atoms with Gasteiger partial charge >= 0.3 is 0 Å². The summed E-state index contributed by atoms with van der Waals surface area (Å²) in [4.78, 5) is 13.1. The van der Waals surface area contributed by atoms with Gasteiger partial charge in [-0.2, -0.15) is 0 Å². The van der Waals surface area contributed by atoms with Crippen molar-refractivity contribution in [2.45, 2.75) is 13.5 Å². The lowest BCUT2D eigenvalue weighted by Gasteiger charge is -2.13. The molecule has 1 aliphatic rings. The van der Waals surface area contributed by atoms with E-state index in [0.717, 1.165) is 27.8 Å². The van der Waals surface area contributed by atoms with E-state index in [1.54, 1.807) is 43.5 Å². The van der Waals surface area contributed by atoms with Crippen molar-refractivity contribution >= 4 is 46.0 Å². The van der Waals surface area contributed by atoms with Gasteiger partial charge in [0.1, 0.15) is 23.9 Å². The van der Waals surface area contributed by atoms with Crippen LogP contribution in [0.1, 0.15) is 27.0 Å². The Labute approximate surface area is 207 Å². The zero-order valence-electron chi connectivity index (χ0n) is 18.8. The standard InChI is InChI=1S/C27H21Cl2NO4/c1-15-24(33-14-20-21(28)5-4-6-22(20)29)10-8-18-26(31)25(34-27(15)18)11-16-13-30(2)23-9-7-17(32-3)12-19(16)23/h4-13H,14H2,1-3H3. The van der Waals surface area contributed by atoms with Crippen molar-refractivity contribution in [2.24, 2.45) is 7.05 Å². The van der Waals surface area contributed by atoms with Crippen molar-refractivity contribution in [3.63, 3.8) is 0 Å². The lowest BCUT2D eigenvalue weighted by Crippen LogP contribution is -2.00. The highest BCUT2D eigenvalue weighted by atomic mass is 35.5. The van der Waals surface area contributed by atoms with Gasteiger partial charge in [0.15, 0.2) is 5.76 Å². The van der Waals surface area contributed by atoms with E-state index in [9.17, 15) is 4.79 Å². The van der Waals surface area contributed by atoms with Crippen molar-refractivity contribution in [3.8, 4) is 17.2 Å². The van der Waals surface area contributed by atoms with Crippen LogP contribution in [-0.2, 0) is 13.7 Å². The Kier molecular flexibility index (Phi) is 5.76. The summed E-state index contributed by atoms with van der Waals surface area (Å²) < 4.78 is 19.4. The molecule has 1 aromatic heterocycles. The van der Waals surface area contributed by atoms with Gasteiger partial charge in [0.2, 0.25) is 5.78 Å². The number of benzene rings is 3. The molecular weight excluding hydrogens is 473 g/mol. The number of hydrogen-bond donors (Lipinski definition) is 0. The van der Waals surface area contributed by atoms with Crippen LogP contribution < -0.4 is 14.2 Å². The molecule has 3 aromatic carbocycles. The maximum atomic E-state index is 13.1. The minimum absolute atomic E-state index is 0.168. The number of fused-ring (bicyclic) bond motifs is 2. The SMILES string of the molecule is COc1ccc2c(c1)c(C=C1Oc3c(ccc(OCc4c(Cl)cccc4Cl)c3C)C1=O)cn2C. The first-order valence-electron chi connectivity index (χ1n) is 10.6. The number of allylic oxidation sites excluding steroid dienone is 1. The van der Waals surface area contributed by atoms with Gasteiger partial charge in [-0.05, 0) is 55.5 Å². The number of Topliss-reactive ketones (excluding diaryl/α,β-unsaturated/α-hetero) is 1. The second-order valence-corrected chi connectivity index (χ2v) is 8.89. The third-order valence-corrected chi connectivity index (χ3v) is 6.69. The molecule has 0 N–H and O–H groups in total. The fourth-order valence-electron chi connectivity index (χ4n) is 4.13. The highest BCUT2D eigenvalue weighted by Gasteiger charge is 2.30. The van der Waals surface area contributed by atoms with E-state index in [0.29, 0.717) is 32.7 Å². The minimum atomic E-state index is -0.168. The van der Waals surface area contributed by atoms with Gasteiger partial charge in [-0.3, -0.25) is 4.79 Å². The van der Waals surface area contributed by atoms with E-state index >= 15 is 0 Å². The number of hydrogen-bond acceptors (Lipinski definition) is 4. The maximum Gasteiger partial charge on any atom is 0.231 e. The summed E-state index contributed by atoms with van der Waals surface area (Å²) in [5, 5.41) is 2.04. The van der Waals surface area contributed by atoms with Gasteiger partial charge in [0.25, 0.3) is 0 Å². The largest absolute Gasteiger partial charge is 0.497 e. The van der Waals surface area contributed by atoms with Crippen LogP contribution in [0.4, 0.5) is 0 Å². The average molecular weight is 494 g/mol. The molecule has 1 aliphatic heterocycles. The number of aryl methyl sites for hydroxylation is 1. The number of ether oxygens (including phenoxy) is 3. The normalized spacial score (nSPS) is 13.9. The average Bonchev–Trinajstić information content (AvgIpc) is 3.31. The van der Waals surface area contributed by atoms with Crippen LogP contribution >= 0.6 is 23.2 Å². The molecule has 0 radical (unpaired) electrons. The topological polar surface area (TPSA) is 49.7 Å². The Morgan fingerprint density at radius 1 is 1.09 bits per heavy atom. The smallest absolute Gasteiger partial charge is 0.231 e. The van der Waals surface area contributed by atoms with Gasteiger partial charge in [-0.25, -0.2) is 0 Å². The summed E-state index contributed by atoms with van der Waals surface area (Å²) in [5.41, 5.74) is 3.84. The molecule has 0 saturated carbocycles. The number of aromatic nitrogens is 1. The van der Waals surface area contributed by atoms with Gasteiger partial charge < -0.3 is 18.8 Å². The molecule has 0 saturated heterocycles. The van der Waals surface area contributed by atoms with E-state index < -0.39 is 0 Å². The summed E-state index contributed by atoms with van der Waals surface area (Å²) >= 11 is 12.5. The maximum absolute atomic E-state index is 13.1. The fraction of sp³-hybridized carbons (Fsp3) is 0.148. The van der Waals surface area contributed by atoms with Gasteiger partial charge in [-0.1, -0.05) is 29.3 Å². The molecule has 5 nitrogen and oxygen atoms in total. The summed E-state index contributed by atoms with van der Waals surface area (Å²) in [6.45, 7) is 2.06. The molecule has 7 heteroatoms. The van der Waals surface area contributed by atoms with Crippen LogP contribution in [-0.4, -0.2) is 17.5 Å². The van der Waals surface area contributed by atoms with Crippen LogP contribution in [0.15, 0.2) is 60.5 Å². The number of carbonyl (C=O) groups excluding carboxylic acids is 1. The van der Waals surface area contributed by atoms with Crippen molar-refractivity contribution in [3.05, 3.63) is 92.8 Å². The molecule has 4 aromatic rings. The highest BCUT2D eigenvalue weighted by molar-refractivity contribution is 6.35. The lowest BCUT2D eigenvalue weighted by molar-refractivity contribution is 0.101. The summed E-state index contributed by atoms with van der Waals surface area (Å²) in [6.07, 6.45) is 3.74.